The molecule has 0 amide bonds. The molecule has 2 unspecified atom stereocenters. The van der Waals surface area contributed by atoms with Crippen molar-refractivity contribution in [3.8, 4) is 0 Å². The van der Waals surface area contributed by atoms with Crippen LogP contribution in [0.1, 0.15) is 91.9 Å². The smallest absolute Gasteiger partial charge is 0.170 e. The zero-order valence-electron chi connectivity index (χ0n) is 17.0. The summed E-state index contributed by atoms with van der Waals surface area (Å²) in [6.45, 7) is 7.80. The van der Waals surface area contributed by atoms with Crippen molar-refractivity contribution in [1.29, 1.82) is 0 Å². The Bertz CT molecular complexity index is 454. The molecular weight excluding hydrogens is 366 g/mol. The first kappa shape index (κ1) is 22.9. The van der Waals surface area contributed by atoms with Crippen LogP contribution < -0.4 is 0 Å². The molecule has 0 spiro atoms. The van der Waals surface area contributed by atoms with Crippen molar-refractivity contribution in [2.75, 3.05) is 0 Å². The Balaban J connectivity index is 2.51. The number of hydrogen-bond acceptors (Lipinski definition) is 0. The molecule has 2 aliphatic carbocycles. The molecule has 0 radical (unpaired) electrons. The highest BCUT2D eigenvalue weighted by molar-refractivity contribution is 5.04. The van der Waals surface area contributed by atoms with Crippen molar-refractivity contribution in [1.82, 2.24) is 0 Å². The maximum atomic E-state index is 14.4. The molecule has 2 atom stereocenters. The minimum absolute atomic E-state index is 0.00587. The van der Waals surface area contributed by atoms with Crippen LogP contribution in [0.5, 0.6) is 0 Å². The fraction of sp³-hybridized carbons (Fsp3) is 1.00. The lowest BCUT2D eigenvalue weighted by atomic mass is 9.60. The lowest BCUT2D eigenvalue weighted by molar-refractivity contribution is -0.379. The SMILES string of the molecule is CC1(C)CCCC(C(C2CCCC(C)(C)CC2)(C(F)(F)F)C(F)(F)F)CC1. The molecule has 0 aromatic carbocycles. The van der Waals surface area contributed by atoms with Crippen LogP contribution in [-0.4, -0.2) is 12.4 Å². The molecule has 2 rings (SSSR count). The Morgan fingerprint density at radius 1 is 0.556 bits per heavy atom. The Kier molecular flexibility index (Phi) is 6.30. The normalized spacial score (nSPS) is 30.4. The zero-order chi connectivity index (χ0) is 20.7. The quantitative estimate of drug-likeness (QED) is 0.323. The van der Waals surface area contributed by atoms with Crippen LogP contribution in [0.25, 0.3) is 0 Å². The van der Waals surface area contributed by atoms with Gasteiger partial charge in [0.25, 0.3) is 0 Å². The lowest BCUT2D eigenvalue weighted by Gasteiger charge is -2.48. The third kappa shape index (κ3) is 4.60. The molecule has 0 aromatic rings. The minimum atomic E-state index is -5.27. The standard InChI is InChI=1S/C21H34F6/c1-17(2)11-5-7-15(9-13-17)19(20(22,23)24,21(25,26)27)16-8-6-12-18(3,4)14-10-16/h15-16H,5-14H2,1-4H3. The van der Waals surface area contributed by atoms with E-state index in [0.29, 0.717) is 38.5 Å². The van der Waals surface area contributed by atoms with Crippen molar-refractivity contribution >= 4 is 0 Å². The summed E-state index contributed by atoms with van der Waals surface area (Å²) in [4.78, 5) is 0. The summed E-state index contributed by atoms with van der Waals surface area (Å²) in [6, 6.07) is 0. The first-order chi connectivity index (χ1) is 12.1. The molecule has 0 heterocycles. The number of rotatable bonds is 2. The molecule has 6 heteroatoms. The summed E-state index contributed by atoms with van der Waals surface area (Å²) in [5.74, 6) is -2.74. The maximum Gasteiger partial charge on any atom is 0.403 e. The van der Waals surface area contributed by atoms with Gasteiger partial charge in [-0.1, -0.05) is 40.5 Å². The third-order valence-corrected chi connectivity index (χ3v) is 7.38. The van der Waals surface area contributed by atoms with Crippen LogP contribution in [0.4, 0.5) is 26.3 Å². The molecule has 2 fully saturated rings. The Morgan fingerprint density at radius 3 is 1.19 bits per heavy atom. The molecule has 27 heavy (non-hydrogen) atoms. The Labute approximate surface area is 159 Å². The molecule has 2 aliphatic rings. The van der Waals surface area contributed by atoms with Gasteiger partial charge in [-0.05, 0) is 74.0 Å². The molecule has 0 bridgehead atoms. The van der Waals surface area contributed by atoms with Gasteiger partial charge in [0.2, 0.25) is 0 Å². The van der Waals surface area contributed by atoms with E-state index in [9.17, 15) is 26.3 Å². The summed E-state index contributed by atoms with van der Waals surface area (Å²) in [5.41, 5.74) is -3.95. The van der Waals surface area contributed by atoms with Crippen molar-refractivity contribution in [2.24, 2.45) is 28.1 Å². The molecule has 0 nitrogen and oxygen atoms in total. The lowest BCUT2D eigenvalue weighted by Crippen LogP contribution is -2.59. The number of halogens is 6. The Hall–Kier alpha value is -0.420. The fourth-order valence-corrected chi connectivity index (χ4v) is 5.65. The topological polar surface area (TPSA) is 0 Å². The summed E-state index contributed by atoms with van der Waals surface area (Å²) < 4.78 is 86.2. The average molecular weight is 400 g/mol. The van der Waals surface area contributed by atoms with E-state index in [1.54, 1.807) is 0 Å². The second-order valence-corrected chi connectivity index (χ2v) is 10.4. The van der Waals surface area contributed by atoms with Crippen molar-refractivity contribution in [3.05, 3.63) is 0 Å². The van der Waals surface area contributed by atoms with Gasteiger partial charge >= 0.3 is 12.4 Å². The highest BCUT2D eigenvalue weighted by Crippen LogP contribution is 2.65. The molecular formula is C21H34F6. The van der Waals surface area contributed by atoms with Gasteiger partial charge in [-0.2, -0.15) is 26.3 Å². The summed E-state index contributed by atoms with van der Waals surface area (Å²) in [7, 11) is 0. The van der Waals surface area contributed by atoms with Gasteiger partial charge in [0, 0.05) is 0 Å². The maximum absolute atomic E-state index is 14.4. The minimum Gasteiger partial charge on any atom is -0.170 e. The highest BCUT2D eigenvalue weighted by Gasteiger charge is 2.76. The highest BCUT2D eigenvalue weighted by atomic mass is 19.4. The molecule has 160 valence electrons. The molecule has 0 aliphatic heterocycles. The summed E-state index contributed by atoms with van der Waals surface area (Å²) in [6.07, 6.45) is -7.42. The van der Waals surface area contributed by atoms with Crippen LogP contribution in [0.15, 0.2) is 0 Å². The fourth-order valence-electron chi connectivity index (χ4n) is 5.65. The van der Waals surface area contributed by atoms with E-state index in [0.717, 1.165) is 0 Å². The van der Waals surface area contributed by atoms with Gasteiger partial charge in [0.15, 0.2) is 5.41 Å². The number of alkyl halides is 6. The van der Waals surface area contributed by atoms with E-state index < -0.39 is 29.6 Å². The second kappa shape index (κ2) is 7.44. The van der Waals surface area contributed by atoms with Gasteiger partial charge in [-0.3, -0.25) is 0 Å². The molecule has 0 aromatic heterocycles. The average Bonchev–Trinajstić information content (AvgIpc) is 2.73. The van der Waals surface area contributed by atoms with Gasteiger partial charge in [-0.15, -0.1) is 0 Å². The van der Waals surface area contributed by atoms with E-state index in [2.05, 4.69) is 0 Å². The first-order valence-electron chi connectivity index (χ1n) is 10.3. The van der Waals surface area contributed by atoms with Crippen molar-refractivity contribution < 1.29 is 26.3 Å². The van der Waals surface area contributed by atoms with E-state index in [1.165, 1.54) is 0 Å². The first-order valence-corrected chi connectivity index (χ1v) is 10.3. The van der Waals surface area contributed by atoms with Crippen LogP contribution in [-0.2, 0) is 0 Å². The van der Waals surface area contributed by atoms with E-state index in [-0.39, 0.29) is 36.5 Å². The van der Waals surface area contributed by atoms with E-state index >= 15 is 0 Å². The predicted molar refractivity (Wildman–Crippen MR) is 95.3 cm³/mol. The third-order valence-electron chi connectivity index (χ3n) is 7.38. The van der Waals surface area contributed by atoms with Gasteiger partial charge in [0.1, 0.15) is 0 Å². The van der Waals surface area contributed by atoms with Gasteiger partial charge in [0.05, 0.1) is 0 Å². The molecule has 0 saturated heterocycles. The van der Waals surface area contributed by atoms with Crippen molar-refractivity contribution in [3.63, 3.8) is 0 Å². The summed E-state index contributed by atoms with van der Waals surface area (Å²) >= 11 is 0. The van der Waals surface area contributed by atoms with Crippen molar-refractivity contribution in [2.45, 2.75) is 104 Å². The largest absolute Gasteiger partial charge is 0.403 e. The van der Waals surface area contributed by atoms with E-state index in [4.69, 9.17) is 0 Å². The van der Waals surface area contributed by atoms with E-state index in [1.807, 2.05) is 27.7 Å². The number of hydrogen-bond donors (Lipinski definition) is 0. The zero-order valence-corrected chi connectivity index (χ0v) is 17.0. The van der Waals surface area contributed by atoms with Crippen LogP contribution in [0.2, 0.25) is 0 Å². The molecule has 2 saturated carbocycles. The molecule has 0 N–H and O–H groups in total. The van der Waals surface area contributed by atoms with Crippen LogP contribution in [0.3, 0.4) is 0 Å². The monoisotopic (exact) mass is 400 g/mol. The van der Waals surface area contributed by atoms with Crippen LogP contribution >= 0.6 is 0 Å². The van der Waals surface area contributed by atoms with Crippen LogP contribution in [0, 0.1) is 28.1 Å². The second-order valence-electron chi connectivity index (χ2n) is 10.4. The predicted octanol–water partition coefficient (Wildman–Crippen LogP) is 8.31. The summed E-state index contributed by atoms with van der Waals surface area (Å²) in [5, 5.41) is 0. The van der Waals surface area contributed by atoms with Gasteiger partial charge in [-0.25, -0.2) is 0 Å². The van der Waals surface area contributed by atoms with Gasteiger partial charge < -0.3 is 0 Å². The Morgan fingerprint density at radius 2 is 0.889 bits per heavy atom.